The van der Waals surface area contributed by atoms with E-state index < -0.39 is 18.1 Å². The van der Waals surface area contributed by atoms with Crippen molar-refractivity contribution in [3.63, 3.8) is 0 Å². The van der Waals surface area contributed by atoms with Crippen LogP contribution in [0.3, 0.4) is 0 Å². The van der Waals surface area contributed by atoms with Gasteiger partial charge in [0.2, 0.25) is 0 Å². The van der Waals surface area contributed by atoms with Crippen LogP contribution in [0.1, 0.15) is 12.0 Å². The molecule has 7 nitrogen and oxygen atoms in total. The second kappa shape index (κ2) is 9.73. The Morgan fingerprint density at radius 2 is 1.95 bits per heavy atom. The molecule has 1 unspecified atom stereocenters. The Balaban J connectivity index is 2.00. The lowest BCUT2D eigenvalue weighted by atomic mass is 10.2. The van der Waals surface area contributed by atoms with Gasteiger partial charge in [-0.1, -0.05) is 30.3 Å². The molecule has 0 saturated carbocycles. The maximum absolute atomic E-state index is 11.4. The second-order valence-corrected chi connectivity index (χ2v) is 4.33. The van der Waals surface area contributed by atoms with Crippen molar-refractivity contribution in [1.82, 2.24) is 5.32 Å². The van der Waals surface area contributed by atoms with Gasteiger partial charge in [0.1, 0.15) is 12.6 Å². The van der Waals surface area contributed by atoms with Crippen molar-refractivity contribution in [2.45, 2.75) is 19.1 Å². The van der Waals surface area contributed by atoms with Crippen molar-refractivity contribution >= 4 is 12.1 Å². The van der Waals surface area contributed by atoms with Crippen molar-refractivity contribution in [2.75, 3.05) is 19.8 Å². The molecule has 0 aromatic heterocycles. The third-order valence-corrected chi connectivity index (χ3v) is 2.62. The molecule has 0 fully saturated rings. The number of alkyl carbamates (subject to hydrolysis) is 1. The van der Waals surface area contributed by atoms with Crippen LogP contribution in [-0.2, 0) is 20.9 Å². The lowest BCUT2D eigenvalue weighted by Gasteiger charge is -2.09. The molecule has 0 aliphatic heterocycles. The minimum Gasteiger partial charge on any atom is -0.480 e. The smallest absolute Gasteiger partial charge is 0.407 e. The standard InChI is InChI=1S/C14H20N2O5/c15-12(13(17)18)6-8-20-9-7-16-14(19)21-10-11-4-2-1-3-5-11/h1-5,12H,6-10,15H2,(H,16,19)(H,17,18). The minimum atomic E-state index is -1.05. The van der Waals surface area contributed by atoms with Crippen LogP contribution in [-0.4, -0.2) is 43.0 Å². The maximum Gasteiger partial charge on any atom is 0.407 e. The molecule has 0 heterocycles. The van der Waals surface area contributed by atoms with E-state index in [2.05, 4.69) is 5.32 Å². The first-order chi connectivity index (χ1) is 10.1. The third-order valence-electron chi connectivity index (χ3n) is 2.62. The van der Waals surface area contributed by atoms with Crippen molar-refractivity contribution in [2.24, 2.45) is 5.73 Å². The average molecular weight is 296 g/mol. The Bertz CT molecular complexity index is 438. The number of carboxylic acid groups (broad SMARTS) is 1. The molecule has 1 aromatic rings. The summed E-state index contributed by atoms with van der Waals surface area (Å²) in [5.74, 6) is -1.05. The Hall–Kier alpha value is -2.12. The summed E-state index contributed by atoms with van der Waals surface area (Å²) in [4.78, 5) is 21.8. The molecule has 1 amide bonds. The van der Waals surface area contributed by atoms with E-state index in [9.17, 15) is 9.59 Å². The fourth-order valence-electron chi connectivity index (χ4n) is 1.44. The number of hydrogen-bond acceptors (Lipinski definition) is 5. The van der Waals surface area contributed by atoms with E-state index in [-0.39, 0.29) is 32.8 Å². The first-order valence-electron chi connectivity index (χ1n) is 6.60. The minimum absolute atomic E-state index is 0.209. The Kier molecular flexibility index (Phi) is 7.85. The summed E-state index contributed by atoms with van der Waals surface area (Å²) in [6.45, 7) is 0.998. The summed E-state index contributed by atoms with van der Waals surface area (Å²) in [7, 11) is 0. The van der Waals surface area contributed by atoms with E-state index in [1.807, 2.05) is 30.3 Å². The summed E-state index contributed by atoms with van der Waals surface area (Å²) in [5.41, 5.74) is 6.21. The van der Waals surface area contributed by atoms with Gasteiger partial charge < -0.3 is 25.6 Å². The Morgan fingerprint density at radius 3 is 2.62 bits per heavy atom. The first kappa shape index (κ1) is 16.9. The molecule has 4 N–H and O–H groups in total. The average Bonchev–Trinajstić information content (AvgIpc) is 2.49. The van der Waals surface area contributed by atoms with Crippen LogP contribution in [0, 0.1) is 0 Å². The van der Waals surface area contributed by atoms with Crippen molar-refractivity contribution in [1.29, 1.82) is 0 Å². The van der Waals surface area contributed by atoms with Crippen LogP contribution in [0.4, 0.5) is 4.79 Å². The number of ether oxygens (including phenoxy) is 2. The molecule has 0 aliphatic carbocycles. The van der Waals surface area contributed by atoms with Gasteiger partial charge in [-0.05, 0) is 12.0 Å². The lowest BCUT2D eigenvalue weighted by Crippen LogP contribution is -2.32. The molecule has 7 heteroatoms. The van der Waals surface area contributed by atoms with E-state index in [1.165, 1.54) is 0 Å². The van der Waals surface area contributed by atoms with Crippen LogP contribution < -0.4 is 11.1 Å². The van der Waals surface area contributed by atoms with E-state index in [0.717, 1.165) is 5.56 Å². The highest BCUT2D eigenvalue weighted by Gasteiger charge is 2.10. The maximum atomic E-state index is 11.4. The zero-order chi connectivity index (χ0) is 15.5. The Labute approximate surface area is 123 Å². The number of nitrogens with two attached hydrogens (primary N) is 1. The molecule has 0 aliphatic rings. The largest absolute Gasteiger partial charge is 0.480 e. The quantitative estimate of drug-likeness (QED) is 0.579. The summed E-state index contributed by atoms with van der Waals surface area (Å²) >= 11 is 0. The number of carbonyl (C=O) groups is 2. The summed E-state index contributed by atoms with van der Waals surface area (Å²) in [5, 5.41) is 11.1. The van der Waals surface area contributed by atoms with Crippen LogP contribution in [0.5, 0.6) is 0 Å². The fraction of sp³-hybridized carbons (Fsp3) is 0.429. The molecule has 0 spiro atoms. The zero-order valence-electron chi connectivity index (χ0n) is 11.7. The second-order valence-electron chi connectivity index (χ2n) is 4.33. The van der Waals surface area contributed by atoms with E-state index in [0.29, 0.717) is 0 Å². The molecule has 116 valence electrons. The normalized spacial score (nSPS) is 11.7. The van der Waals surface area contributed by atoms with Gasteiger partial charge in [-0.15, -0.1) is 0 Å². The SMILES string of the molecule is NC(CCOCCNC(=O)OCc1ccccc1)C(=O)O. The number of rotatable bonds is 9. The van der Waals surface area contributed by atoms with Crippen LogP contribution >= 0.6 is 0 Å². The predicted octanol–water partition coefficient (Wildman–Crippen LogP) is 0.731. The molecular formula is C14H20N2O5. The summed E-state index contributed by atoms with van der Waals surface area (Å²) in [6, 6.07) is 8.42. The predicted molar refractivity (Wildman–Crippen MR) is 75.7 cm³/mol. The van der Waals surface area contributed by atoms with Crippen molar-refractivity contribution in [3.8, 4) is 0 Å². The first-order valence-corrected chi connectivity index (χ1v) is 6.60. The molecule has 21 heavy (non-hydrogen) atoms. The van der Waals surface area contributed by atoms with Gasteiger partial charge in [0.25, 0.3) is 0 Å². The fourth-order valence-corrected chi connectivity index (χ4v) is 1.44. The number of carbonyl (C=O) groups excluding carboxylic acids is 1. The van der Waals surface area contributed by atoms with Gasteiger partial charge in [0.15, 0.2) is 0 Å². The summed E-state index contributed by atoms with van der Waals surface area (Å²) < 4.78 is 10.2. The van der Waals surface area contributed by atoms with Crippen LogP contribution in [0.15, 0.2) is 30.3 Å². The lowest BCUT2D eigenvalue weighted by molar-refractivity contribution is -0.139. The van der Waals surface area contributed by atoms with Gasteiger partial charge in [-0.2, -0.15) is 0 Å². The molecular weight excluding hydrogens is 276 g/mol. The van der Waals surface area contributed by atoms with Crippen LogP contribution in [0.25, 0.3) is 0 Å². The zero-order valence-corrected chi connectivity index (χ0v) is 11.7. The summed E-state index contributed by atoms with van der Waals surface area (Å²) in [6.07, 6.45) is -0.293. The van der Waals surface area contributed by atoms with Crippen LogP contribution in [0.2, 0.25) is 0 Å². The number of nitrogens with one attached hydrogen (secondary N) is 1. The Morgan fingerprint density at radius 1 is 1.24 bits per heavy atom. The van der Waals surface area contributed by atoms with Gasteiger partial charge in [-0.25, -0.2) is 4.79 Å². The van der Waals surface area contributed by atoms with E-state index in [1.54, 1.807) is 0 Å². The molecule has 1 rings (SSSR count). The van der Waals surface area contributed by atoms with E-state index in [4.69, 9.17) is 20.3 Å². The highest BCUT2D eigenvalue weighted by molar-refractivity contribution is 5.72. The number of carboxylic acids is 1. The number of benzene rings is 1. The highest BCUT2D eigenvalue weighted by Crippen LogP contribution is 2.00. The topological polar surface area (TPSA) is 111 Å². The monoisotopic (exact) mass is 296 g/mol. The van der Waals surface area contributed by atoms with E-state index >= 15 is 0 Å². The number of aliphatic carboxylic acids is 1. The third kappa shape index (κ3) is 7.91. The van der Waals surface area contributed by atoms with Gasteiger partial charge in [0, 0.05) is 13.2 Å². The van der Waals surface area contributed by atoms with Crippen molar-refractivity contribution in [3.05, 3.63) is 35.9 Å². The van der Waals surface area contributed by atoms with Gasteiger partial charge in [0.05, 0.1) is 6.61 Å². The molecule has 0 bridgehead atoms. The highest BCUT2D eigenvalue weighted by atomic mass is 16.5. The number of hydrogen-bond donors (Lipinski definition) is 3. The molecule has 0 saturated heterocycles. The molecule has 1 atom stereocenters. The molecule has 0 radical (unpaired) electrons. The van der Waals surface area contributed by atoms with Gasteiger partial charge in [-0.3, -0.25) is 4.79 Å². The van der Waals surface area contributed by atoms with Crippen molar-refractivity contribution < 1.29 is 24.2 Å². The van der Waals surface area contributed by atoms with Gasteiger partial charge >= 0.3 is 12.1 Å². The molecule has 1 aromatic carbocycles. The number of amides is 1.